The second kappa shape index (κ2) is 9.91. The van der Waals surface area contributed by atoms with Crippen LogP contribution in [-0.2, 0) is 4.79 Å². The van der Waals surface area contributed by atoms with E-state index in [2.05, 4.69) is 24.1 Å². The van der Waals surface area contributed by atoms with Gasteiger partial charge in [0.15, 0.2) is 0 Å². The van der Waals surface area contributed by atoms with E-state index in [4.69, 9.17) is 0 Å². The molecule has 2 aliphatic heterocycles. The Bertz CT molecular complexity index is 789. The molecule has 8 heteroatoms. The van der Waals surface area contributed by atoms with Crippen LogP contribution in [0.2, 0.25) is 0 Å². The zero-order valence-corrected chi connectivity index (χ0v) is 17.9. The molecule has 1 unspecified atom stereocenters. The number of carbonyl (C=O) groups is 2. The van der Waals surface area contributed by atoms with Gasteiger partial charge in [-0.05, 0) is 43.6 Å². The van der Waals surface area contributed by atoms with E-state index in [1.54, 1.807) is 6.07 Å². The third-order valence-corrected chi connectivity index (χ3v) is 6.19. The number of hydrogen-bond donors (Lipinski definition) is 1. The van der Waals surface area contributed by atoms with E-state index in [-0.39, 0.29) is 30.5 Å². The van der Waals surface area contributed by atoms with Gasteiger partial charge in [0.1, 0.15) is 0 Å². The molecule has 0 spiro atoms. The van der Waals surface area contributed by atoms with Crippen LogP contribution in [0.4, 0.5) is 11.4 Å². The van der Waals surface area contributed by atoms with Crippen LogP contribution in [0.1, 0.15) is 56.3 Å². The lowest BCUT2D eigenvalue weighted by Crippen LogP contribution is -2.40. The van der Waals surface area contributed by atoms with Crippen LogP contribution >= 0.6 is 0 Å². The lowest BCUT2D eigenvalue weighted by Gasteiger charge is -2.33. The van der Waals surface area contributed by atoms with E-state index in [9.17, 15) is 19.7 Å². The lowest BCUT2D eigenvalue weighted by atomic mass is 9.98. The second-order valence-corrected chi connectivity index (χ2v) is 8.72. The van der Waals surface area contributed by atoms with Crippen molar-refractivity contribution in [3.05, 3.63) is 33.9 Å². The molecular weight excluding hydrogens is 384 g/mol. The molecule has 30 heavy (non-hydrogen) atoms. The van der Waals surface area contributed by atoms with Gasteiger partial charge < -0.3 is 15.1 Å². The highest BCUT2D eigenvalue weighted by Crippen LogP contribution is 2.29. The van der Waals surface area contributed by atoms with Gasteiger partial charge in [0.25, 0.3) is 11.6 Å². The van der Waals surface area contributed by atoms with Gasteiger partial charge in [-0.1, -0.05) is 13.8 Å². The smallest absolute Gasteiger partial charge is 0.270 e. The van der Waals surface area contributed by atoms with Crippen LogP contribution in [0.3, 0.4) is 0 Å². The van der Waals surface area contributed by atoms with Crippen LogP contribution in [0.5, 0.6) is 0 Å². The molecule has 8 nitrogen and oxygen atoms in total. The number of nitrogens with one attached hydrogen (secondary N) is 1. The van der Waals surface area contributed by atoms with Crippen LogP contribution in [0, 0.1) is 22.0 Å². The van der Waals surface area contributed by atoms with Gasteiger partial charge in [-0.3, -0.25) is 19.7 Å². The van der Waals surface area contributed by atoms with Crippen molar-refractivity contribution >= 4 is 23.2 Å². The molecule has 0 aliphatic carbocycles. The highest BCUT2D eigenvalue weighted by molar-refractivity contribution is 6.00. The first kappa shape index (κ1) is 22.1. The van der Waals surface area contributed by atoms with Crippen molar-refractivity contribution < 1.29 is 14.5 Å². The zero-order valence-electron chi connectivity index (χ0n) is 17.9. The van der Waals surface area contributed by atoms with E-state index >= 15 is 0 Å². The lowest BCUT2D eigenvalue weighted by molar-refractivity contribution is -0.384. The minimum Gasteiger partial charge on any atom is -0.371 e. The number of carbonyl (C=O) groups excluding carboxylic acids is 2. The Hall–Kier alpha value is -2.64. The van der Waals surface area contributed by atoms with Gasteiger partial charge in [-0.15, -0.1) is 0 Å². The maximum Gasteiger partial charge on any atom is 0.270 e. The summed E-state index contributed by atoms with van der Waals surface area (Å²) >= 11 is 0. The average Bonchev–Trinajstić information content (AvgIpc) is 2.73. The topological polar surface area (TPSA) is 95.8 Å². The van der Waals surface area contributed by atoms with Crippen molar-refractivity contribution in [1.82, 2.24) is 10.2 Å². The molecule has 2 fully saturated rings. The summed E-state index contributed by atoms with van der Waals surface area (Å²) in [7, 11) is 0. The monoisotopic (exact) mass is 416 g/mol. The Labute approximate surface area is 177 Å². The molecule has 164 valence electrons. The van der Waals surface area contributed by atoms with Crippen LogP contribution in [0.15, 0.2) is 18.2 Å². The number of nitrogens with zero attached hydrogens (tertiary/aromatic N) is 3. The van der Waals surface area contributed by atoms with Crippen molar-refractivity contribution in [3.8, 4) is 0 Å². The molecule has 2 heterocycles. The highest BCUT2D eigenvalue weighted by atomic mass is 16.6. The number of amides is 2. The highest BCUT2D eigenvalue weighted by Gasteiger charge is 2.24. The minimum atomic E-state index is -0.486. The number of nitro groups is 1. The average molecular weight is 417 g/mol. The molecule has 0 radical (unpaired) electrons. The van der Waals surface area contributed by atoms with Gasteiger partial charge in [-0.25, -0.2) is 0 Å². The molecule has 1 N–H and O–H groups in total. The zero-order chi connectivity index (χ0) is 21.7. The summed E-state index contributed by atoms with van der Waals surface area (Å²) in [5.41, 5.74) is 0.923. The van der Waals surface area contributed by atoms with Gasteiger partial charge in [0, 0.05) is 51.3 Å². The van der Waals surface area contributed by atoms with E-state index < -0.39 is 4.92 Å². The normalized spacial score (nSPS) is 20.1. The van der Waals surface area contributed by atoms with Gasteiger partial charge in [-0.2, -0.15) is 0 Å². The summed E-state index contributed by atoms with van der Waals surface area (Å²) in [6, 6.07) is 4.46. The molecule has 1 aromatic rings. The van der Waals surface area contributed by atoms with Crippen molar-refractivity contribution in [3.63, 3.8) is 0 Å². The SMILES string of the molecule is CC1CCN(c2ccc([N+](=O)[O-])cc2C(=O)NCCC(=O)N2CCCC(C)C2)CC1. The van der Waals surface area contributed by atoms with Crippen molar-refractivity contribution in [2.75, 3.05) is 37.6 Å². The first-order valence-corrected chi connectivity index (χ1v) is 10.9. The molecule has 2 aliphatic rings. The van der Waals surface area contributed by atoms with Crippen molar-refractivity contribution in [2.45, 2.75) is 46.0 Å². The largest absolute Gasteiger partial charge is 0.371 e. The number of non-ortho nitro benzene ring substituents is 1. The fourth-order valence-electron chi connectivity index (χ4n) is 4.30. The number of hydrogen-bond acceptors (Lipinski definition) is 5. The summed E-state index contributed by atoms with van der Waals surface area (Å²) in [6.45, 7) is 7.78. The third kappa shape index (κ3) is 5.49. The first-order chi connectivity index (χ1) is 14.3. The van der Waals surface area contributed by atoms with Gasteiger partial charge >= 0.3 is 0 Å². The Kier molecular flexibility index (Phi) is 7.29. The molecule has 2 saturated heterocycles. The summed E-state index contributed by atoms with van der Waals surface area (Å²) in [6.07, 6.45) is 4.46. The summed E-state index contributed by atoms with van der Waals surface area (Å²) < 4.78 is 0. The molecular formula is C22H32N4O4. The summed E-state index contributed by atoms with van der Waals surface area (Å²) in [4.78, 5) is 40.0. The predicted molar refractivity (Wildman–Crippen MR) is 116 cm³/mol. The first-order valence-electron chi connectivity index (χ1n) is 10.9. The number of anilines is 1. The van der Waals surface area contributed by atoms with E-state index in [0.29, 0.717) is 17.4 Å². The number of piperidine rings is 2. The van der Waals surface area contributed by atoms with Crippen LogP contribution < -0.4 is 10.2 Å². The molecule has 0 aromatic heterocycles. The second-order valence-electron chi connectivity index (χ2n) is 8.72. The molecule has 0 bridgehead atoms. The third-order valence-electron chi connectivity index (χ3n) is 6.19. The molecule has 1 atom stereocenters. The van der Waals surface area contributed by atoms with Gasteiger partial charge in [0.2, 0.25) is 5.91 Å². The van der Waals surface area contributed by atoms with E-state index in [1.165, 1.54) is 12.1 Å². The number of benzene rings is 1. The Morgan fingerprint density at radius 3 is 2.53 bits per heavy atom. The molecule has 2 amide bonds. The van der Waals surface area contributed by atoms with Crippen molar-refractivity contribution in [1.29, 1.82) is 0 Å². The quantitative estimate of drug-likeness (QED) is 0.567. The standard InChI is InChI=1S/C22H32N4O4/c1-16-8-12-24(13-9-16)20-6-5-18(26(29)30)14-19(20)22(28)23-10-7-21(27)25-11-3-4-17(2)15-25/h5-6,14,16-17H,3-4,7-13,15H2,1-2H3,(H,23,28). The van der Waals surface area contributed by atoms with Crippen molar-refractivity contribution in [2.24, 2.45) is 11.8 Å². The van der Waals surface area contributed by atoms with Crippen LogP contribution in [0.25, 0.3) is 0 Å². The number of nitro benzene ring substituents is 1. The Balaban J connectivity index is 1.65. The predicted octanol–water partition coefficient (Wildman–Crippen LogP) is 3.21. The van der Waals surface area contributed by atoms with Crippen LogP contribution in [-0.4, -0.2) is 54.4 Å². The summed E-state index contributed by atoms with van der Waals surface area (Å²) in [5.74, 6) is 0.829. The fourth-order valence-corrected chi connectivity index (χ4v) is 4.30. The minimum absolute atomic E-state index is 0.0473. The summed E-state index contributed by atoms with van der Waals surface area (Å²) in [5, 5.41) is 14.0. The van der Waals surface area contributed by atoms with E-state index in [0.717, 1.165) is 57.5 Å². The molecule has 1 aromatic carbocycles. The molecule has 3 rings (SSSR count). The Morgan fingerprint density at radius 2 is 1.87 bits per heavy atom. The van der Waals surface area contributed by atoms with E-state index in [1.807, 2.05) is 4.90 Å². The molecule has 0 saturated carbocycles. The number of rotatable bonds is 6. The maximum absolute atomic E-state index is 12.9. The van der Waals surface area contributed by atoms with Gasteiger partial charge in [0.05, 0.1) is 16.2 Å². The Morgan fingerprint density at radius 1 is 1.13 bits per heavy atom. The number of likely N-dealkylation sites (tertiary alicyclic amines) is 1. The fraction of sp³-hybridized carbons (Fsp3) is 0.636. The maximum atomic E-state index is 12.9.